The summed E-state index contributed by atoms with van der Waals surface area (Å²) < 4.78 is 61.3. The van der Waals surface area contributed by atoms with Gasteiger partial charge in [0.1, 0.15) is 25.4 Å². The van der Waals surface area contributed by atoms with Crippen molar-refractivity contribution in [1.29, 1.82) is 0 Å². The first-order chi connectivity index (χ1) is 54.2. The van der Waals surface area contributed by atoms with Crippen LogP contribution in [0, 0.1) is 0 Å². The minimum atomic E-state index is -4.95. The van der Waals surface area contributed by atoms with Crippen molar-refractivity contribution in [1.82, 2.24) is 0 Å². The Hall–Kier alpha value is -4.57. The molecule has 5 atom stereocenters. The molecular formula is C93H160O16P2. The molecular weight excluding hydrogens is 1430 g/mol. The van der Waals surface area contributed by atoms with E-state index in [0.29, 0.717) is 19.3 Å². The molecule has 16 nitrogen and oxygen atoms in total. The predicted octanol–water partition coefficient (Wildman–Crippen LogP) is 26.8. The highest BCUT2D eigenvalue weighted by Crippen LogP contribution is 2.45. The van der Waals surface area contributed by atoms with Crippen LogP contribution >= 0.6 is 15.6 Å². The van der Waals surface area contributed by atoms with Gasteiger partial charge in [0.2, 0.25) is 0 Å². The molecule has 0 spiro atoms. The van der Waals surface area contributed by atoms with Gasteiger partial charge in [-0.25, -0.2) is 9.13 Å². The number of allylic oxidation sites excluding steroid dienone is 24. The molecule has 0 saturated heterocycles. The molecule has 0 aromatic heterocycles. The minimum Gasteiger partial charge on any atom is -0.463 e. The van der Waals surface area contributed by atoms with Crippen LogP contribution in [0.4, 0.5) is 0 Å². The third-order valence-electron chi connectivity index (χ3n) is 18.5. The number of phosphoric ester groups is 2. The fourth-order valence-electron chi connectivity index (χ4n) is 11.8. The summed E-state index contributed by atoms with van der Waals surface area (Å²) in [6, 6.07) is 0. The number of esters is 3. The summed E-state index contributed by atoms with van der Waals surface area (Å²) in [5.41, 5.74) is 0. The van der Waals surface area contributed by atoms with Gasteiger partial charge >= 0.3 is 33.6 Å². The fraction of sp³-hybridized carbons (Fsp3) is 0.710. The highest BCUT2D eigenvalue weighted by atomic mass is 31.2. The zero-order chi connectivity index (χ0) is 80.8. The lowest BCUT2D eigenvalue weighted by Gasteiger charge is -2.21. The van der Waals surface area contributed by atoms with Crippen LogP contribution in [0.2, 0.25) is 0 Å². The molecule has 0 aromatic carbocycles. The number of carbonyl (C=O) groups excluding carboxylic acids is 3. The van der Waals surface area contributed by atoms with E-state index < -0.39 is 91.5 Å². The highest BCUT2D eigenvalue weighted by molar-refractivity contribution is 7.47. The average Bonchev–Trinajstić information content (AvgIpc) is 0.891. The standard InChI is InChI=1S/C93H160O16P2/c1-4-7-10-13-16-19-22-25-28-31-34-36-37-38-39-40-41-42-43-44-45-46-47-48-49-51-54-55-58-61-64-67-70-73-76-79-91(96)103-82-88(94)83-105-110(99,100)106-84-89(95)85-107-111(101,102)108-87-90(109-93(98)81-78-75-72-69-66-63-60-57-52-33-30-27-24-21-18-15-12-9-6-3)86-104-92(97)80-77-74-71-68-65-62-59-56-53-50-35-32-29-26-23-20-17-14-11-8-5-2/h9,12,16-21,25-30,34-36,38-39,50,52,56-57,59,88-90,94-95H,4-8,10-11,13-15,22-24,31-33,37,40-49,51,53-55,58,60-87H2,1-3H3,(H,99,100)(H,101,102)/b12-9-,19-16-,20-17-,21-18-,28-25-,29-26-,30-27-,36-34-,39-38-,50-35-,57-52-,59-56-. The second-order valence-electron chi connectivity index (χ2n) is 29.3. The molecule has 0 bridgehead atoms. The molecule has 111 heavy (non-hydrogen) atoms. The van der Waals surface area contributed by atoms with Gasteiger partial charge in [0, 0.05) is 19.3 Å². The summed E-state index contributed by atoms with van der Waals surface area (Å²) in [6.07, 6.45) is 106. The van der Waals surface area contributed by atoms with E-state index in [1.165, 1.54) is 154 Å². The Morgan fingerprint density at radius 2 is 0.477 bits per heavy atom. The molecule has 638 valence electrons. The topological polar surface area (TPSA) is 231 Å². The molecule has 18 heteroatoms. The van der Waals surface area contributed by atoms with Crippen LogP contribution in [-0.4, -0.2) is 95.9 Å². The maximum absolute atomic E-state index is 13.0. The second kappa shape index (κ2) is 84.8. The van der Waals surface area contributed by atoms with Gasteiger partial charge in [-0.2, -0.15) is 0 Å². The van der Waals surface area contributed by atoms with Gasteiger partial charge in [-0.3, -0.25) is 32.5 Å². The Labute approximate surface area is 677 Å². The molecule has 4 N–H and O–H groups in total. The summed E-state index contributed by atoms with van der Waals surface area (Å²) in [7, 11) is -9.81. The van der Waals surface area contributed by atoms with Gasteiger partial charge in [-0.15, -0.1) is 0 Å². The van der Waals surface area contributed by atoms with Crippen molar-refractivity contribution in [3.05, 3.63) is 146 Å². The molecule has 0 aliphatic rings. The first kappa shape index (κ1) is 106. The predicted molar refractivity (Wildman–Crippen MR) is 463 cm³/mol. The monoisotopic (exact) mass is 1600 g/mol. The number of ether oxygens (including phenoxy) is 3. The number of carbonyl (C=O) groups is 3. The third kappa shape index (κ3) is 86.1. The largest absolute Gasteiger partial charge is 0.472 e. The van der Waals surface area contributed by atoms with Crippen molar-refractivity contribution in [2.45, 2.75) is 386 Å². The van der Waals surface area contributed by atoms with Crippen LogP contribution in [0.5, 0.6) is 0 Å². The lowest BCUT2D eigenvalue weighted by atomic mass is 10.0. The van der Waals surface area contributed by atoms with Crippen LogP contribution in [0.25, 0.3) is 0 Å². The van der Waals surface area contributed by atoms with Crippen LogP contribution < -0.4 is 0 Å². The summed E-state index contributed by atoms with van der Waals surface area (Å²) in [5, 5.41) is 20.7. The normalized spacial score (nSPS) is 14.5. The van der Waals surface area contributed by atoms with Crippen LogP contribution in [0.3, 0.4) is 0 Å². The van der Waals surface area contributed by atoms with E-state index >= 15 is 0 Å². The van der Waals surface area contributed by atoms with Crippen LogP contribution in [-0.2, 0) is 55.8 Å². The lowest BCUT2D eigenvalue weighted by molar-refractivity contribution is -0.161. The number of phosphoric acid groups is 2. The van der Waals surface area contributed by atoms with E-state index in [9.17, 15) is 43.5 Å². The number of aliphatic hydroxyl groups is 2. The molecule has 0 radical (unpaired) electrons. The van der Waals surface area contributed by atoms with Crippen molar-refractivity contribution in [2.24, 2.45) is 0 Å². The molecule has 0 fully saturated rings. The fourth-order valence-corrected chi connectivity index (χ4v) is 13.4. The van der Waals surface area contributed by atoms with Crippen molar-refractivity contribution in [2.75, 3.05) is 39.6 Å². The van der Waals surface area contributed by atoms with Crippen molar-refractivity contribution >= 4 is 33.6 Å². The maximum Gasteiger partial charge on any atom is 0.472 e. The van der Waals surface area contributed by atoms with Gasteiger partial charge in [0.05, 0.1) is 26.4 Å². The third-order valence-corrected chi connectivity index (χ3v) is 20.4. The molecule has 0 aliphatic heterocycles. The Morgan fingerprint density at radius 3 is 0.757 bits per heavy atom. The van der Waals surface area contributed by atoms with E-state index in [1.54, 1.807) is 0 Å². The summed E-state index contributed by atoms with van der Waals surface area (Å²) >= 11 is 0. The molecule has 0 heterocycles. The van der Waals surface area contributed by atoms with Crippen molar-refractivity contribution < 1.29 is 75.8 Å². The first-order valence-electron chi connectivity index (χ1n) is 44.1. The van der Waals surface area contributed by atoms with Gasteiger partial charge < -0.3 is 34.2 Å². The van der Waals surface area contributed by atoms with Gasteiger partial charge in [0.15, 0.2) is 6.10 Å². The van der Waals surface area contributed by atoms with Crippen molar-refractivity contribution in [3.8, 4) is 0 Å². The highest BCUT2D eigenvalue weighted by Gasteiger charge is 2.29. The second-order valence-corrected chi connectivity index (χ2v) is 32.2. The molecule has 5 unspecified atom stereocenters. The number of unbranched alkanes of at least 4 members (excludes halogenated alkanes) is 36. The molecule has 0 saturated carbocycles. The molecule has 0 amide bonds. The number of rotatable bonds is 83. The average molecular weight is 1600 g/mol. The zero-order valence-corrected chi connectivity index (χ0v) is 71.9. The van der Waals surface area contributed by atoms with Gasteiger partial charge in [-0.05, 0) is 148 Å². The quantitative estimate of drug-likeness (QED) is 0.0146. The summed E-state index contributed by atoms with van der Waals surface area (Å²) in [6.45, 7) is 2.51. The zero-order valence-electron chi connectivity index (χ0n) is 70.1. The van der Waals surface area contributed by atoms with Gasteiger partial charge in [0.25, 0.3) is 0 Å². The molecule has 0 aliphatic carbocycles. The van der Waals surface area contributed by atoms with E-state index in [1.807, 2.05) is 0 Å². The van der Waals surface area contributed by atoms with E-state index in [-0.39, 0.29) is 19.3 Å². The van der Waals surface area contributed by atoms with Crippen LogP contribution in [0.15, 0.2) is 146 Å². The van der Waals surface area contributed by atoms with E-state index in [4.69, 9.17) is 32.3 Å². The first-order valence-corrected chi connectivity index (χ1v) is 47.1. The SMILES string of the molecule is CC/C=C\C/C=C\C/C=C\C/C=C\CCCCCCCCC(=O)OC(COC(=O)CCCCCCC/C=C\C/C=C\C/C=C\C/C=C\CCCCC)COP(=O)(O)OCC(O)COP(=O)(O)OCC(O)COC(=O)CCCCCCCCCCCCCCCCCCCCC/C=C\C/C=C\C/C=C\C/C=C\CCCCC. The Kier molecular flexibility index (Phi) is 81.3. The molecule has 0 aromatic rings. The Bertz CT molecular complexity index is 2600. The minimum absolute atomic E-state index is 0.0804. The Balaban J connectivity index is 4.49. The smallest absolute Gasteiger partial charge is 0.463 e. The summed E-state index contributed by atoms with van der Waals surface area (Å²) in [4.78, 5) is 58.8. The van der Waals surface area contributed by atoms with E-state index in [0.717, 1.165) is 154 Å². The number of hydrogen-bond donors (Lipinski definition) is 4. The number of aliphatic hydroxyl groups excluding tert-OH is 2. The summed E-state index contributed by atoms with van der Waals surface area (Å²) in [5.74, 6) is -1.61. The maximum atomic E-state index is 13.0. The van der Waals surface area contributed by atoms with Gasteiger partial charge in [-0.1, -0.05) is 346 Å². The van der Waals surface area contributed by atoms with E-state index in [2.05, 4.69) is 167 Å². The number of hydrogen-bond acceptors (Lipinski definition) is 14. The Morgan fingerprint density at radius 1 is 0.261 bits per heavy atom. The van der Waals surface area contributed by atoms with Crippen molar-refractivity contribution in [3.63, 3.8) is 0 Å². The molecule has 0 rings (SSSR count). The van der Waals surface area contributed by atoms with Crippen LogP contribution in [0.1, 0.15) is 367 Å². The lowest BCUT2D eigenvalue weighted by Crippen LogP contribution is -2.30.